The fourth-order valence-corrected chi connectivity index (χ4v) is 1.36. The summed E-state index contributed by atoms with van der Waals surface area (Å²) in [4.78, 5) is 12.8. The zero-order chi connectivity index (χ0) is 12.0. The Bertz CT molecular complexity index is 366. The van der Waals surface area contributed by atoms with Gasteiger partial charge in [-0.15, -0.1) is 0 Å². The van der Waals surface area contributed by atoms with Crippen molar-refractivity contribution in [2.24, 2.45) is 0 Å². The molecule has 0 unspecified atom stereocenters. The van der Waals surface area contributed by atoms with Crippen LogP contribution in [0.3, 0.4) is 0 Å². The van der Waals surface area contributed by atoms with Crippen LogP contribution >= 0.6 is 0 Å². The van der Waals surface area contributed by atoms with E-state index in [9.17, 15) is 4.79 Å². The summed E-state index contributed by atoms with van der Waals surface area (Å²) in [5.74, 6) is 0.821. The molecule has 0 N–H and O–H groups in total. The van der Waals surface area contributed by atoms with Crippen molar-refractivity contribution in [3.63, 3.8) is 0 Å². The van der Waals surface area contributed by atoms with Crippen LogP contribution in [0.25, 0.3) is 5.57 Å². The Labute approximate surface area is 96.3 Å². The summed E-state index contributed by atoms with van der Waals surface area (Å²) in [5, 5.41) is 0. The minimum atomic E-state index is 0.646. The first-order valence-corrected chi connectivity index (χ1v) is 5.24. The van der Waals surface area contributed by atoms with Crippen LogP contribution in [0.5, 0.6) is 5.75 Å². The number of benzene rings is 1. The summed E-state index contributed by atoms with van der Waals surface area (Å²) in [6.07, 6.45) is 2.65. The highest BCUT2D eigenvalue weighted by Gasteiger charge is 2.01. The first-order valence-electron chi connectivity index (χ1n) is 5.24. The van der Waals surface area contributed by atoms with Gasteiger partial charge < -0.3 is 9.64 Å². The first kappa shape index (κ1) is 12.3. The molecule has 0 radical (unpaired) electrons. The lowest BCUT2D eigenvalue weighted by molar-refractivity contribution is -0.103. The van der Waals surface area contributed by atoms with E-state index in [2.05, 4.69) is 0 Å². The van der Waals surface area contributed by atoms with Gasteiger partial charge in [0.15, 0.2) is 6.29 Å². The topological polar surface area (TPSA) is 29.5 Å². The fraction of sp³-hybridized carbons (Fsp3) is 0.308. The average molecular weight is 219 g/mol. The van der Waals surface area contributed by atoms with Crippen LogP contribution in [0.4, 0.5) is 0 Å². The molecule has 0 aliphatic carbocycles. The van der Waals surface area contributed by atoms with Crippen molar-refractivity contribution in [1.29, 1.82) is 0 Å². The SMILES string of the molecule is CCOc1ccc(/C(C=O)=C\N(C)C)cc1. The highest BCUT2D eigenvalue weighted by Crippen LogP contribution is 2.17. The molecule has 0 aromatic heterocycles. The number of aldehydes is 1. The van der Waals surface area contributed by atoms with Crippen LogP contribution < -0.4 is 4.74 Å². The number of ether oxygens (including phenoxy) is 1. The molecular formula is C13H17NO2. The molecule has 1 aromatic rings. The maximum absolute atomic E-state index is 10.9. The summed E-state index contributed by atoms with van der Waals surface area (Å²) in [5.41, 5.74) is 1.56. The smallest absolute Gasteiger partial charge is 0.152 e. The summed E-state index contributed by atoms with van der Waals surface area (Å²) in [6.45, 7) is 2.59. The molecule has 0 fully saturated rings. The average Bonchev–Trinajstić information content (AvgIpc) is 2.27. The van der Waals surface area contributed by atoms with Crippen molar-refractivity contribution < 1.29 is 9.53 Å². The van der Waals surface area contributed by atoms with Crippen molar-refractivity contribution >= 4 is 11.9 Å². The quantitative estimate of drug-likeness (QED) is 0.561. The zero-order valence-corrected chi connectivity index (χ0v) is 9.93. The highest BCUT2D eigenvalue weighted by molar-refractivity contribution is 6.06. The third kappa shape index (κ3) is 3.42. The standard InChI is InChI=1S/C13H17NO2/c1-4-16-13-7-5-11(6-8-13)12(10-15)9-14(2)3/h5-10H,4H2,1-3H3/b12-9-. The second-order valence-electron chi connectivity index (χ2n) is 3.62. The number of nitrogens with zero attached hydrogens (tertiary/aromatic N) is 1. The van der Waals surface area contributed by atoms with E-state index in [4.69, 9.17) is 4.74 Å². The van der Waals surface area contributed by atoms with Gasteiger partial charge in [-0.2, -0.15) is 0 Å². The molecule has 0 saturated carbocycles. The predicted octanol–water partition coefficient (Wildman–Crippen LogP) is 2.19. The fourth-order valence-electron chi connectivity index (χ4n) is 1.36. The van der Waals surface area contributed by atoms with Crippen molar-refractivity contribution in [1.82, 2.24) is 4.90 Å². The Hall–Kier alpha value is -1.77. The van der Waals surface area contributed by atoms with Crippen LogP contribution in [0.2, 0.25) is 0 Å². The molecule has 16 heavy (non-hydrogen) atoms. The van der Waals surface area contributed by atoms with Gasteiger partial charge in [0.05, 0.1) is 6.61 Å². The van der Waals surface area contributed by atoms with Gasteiger partial charge in [-0.25, -0.2) is 0 Å². The molecule has 0 bridgehead atoms. The van der Waals surface area contributed by atoms with Gasteiger partial charge in [0, 0.05) is 25.9 Å². The van der Waals surface area contributed by atoms with Gasteiger partial charge in [0.25, 0.3) is 0 Å². The Kier molecular flexibility index (Phi) is 4.58. The number of hydrogen-bond donors (Lipinski definition) is 0. The van der Waals surface area contributed by atoms with E-state index in [0.29, 0.717) is 12.2 Å². The van der Waals surface area contributed by atoms with E-state index in [1.54, 1.807) is 6.20 Å². The van der Waals surface area contributed by atoms with Gasteiger partial charge >= 0.3 is 0 Å². The number of rotatable bonds is 5. The van der Waals surface area contributed by atoms with E-state index in [-0.39, 0.29) is 0 Å². The Morgan fingerprint density at radius 3 is 2.38 bits per heavy atom. The monoisotopic (exact) mass is 219 g/mol. The molecular weight excluding hydrogens is 202 g/mol. The largest absolute Gasteiger partial charge is 0.494 e. The maximum atomic E-state index is 10.9. The van der Waals surface area contributed by atoms with Crippen LogP contribution in [-0.4, -0.2) is 31.9 Å². The second-order valence-corrected chi connectivity index (χ2v) is 3.62. The predicted molar refractivity (Wildman–Crippen MR) is 65.3 cm³/mol. The minimum Gasteiger partial charge on any atom is -0.494 e. The third-order valence-corrected chi connectivity index (χ3v) is 2.02. The van der Waals surface area contributed by atoms with Crippen LogP contribution in [0.15, 0.2) is 30.5 Å². The van der Waals surface area contributed by atoms with Crippen LogP contribution in [0.1, 0.15) is 12.5 Å². The molecule has 3 nitrogen and oxygen atoms in total. The molecule has 0 atom stereocenters. The van der Waals surface area contributed by atoms with E-state index in [1.165, 1.54) is 0 Å². The molecule has 1 rings (SSSR count). The van der Waals surface area contributed by atoms with Crippen molar-refractivity contribution in [2.45, 2.75) is 6.92 Å². The normalized spacial score (nSPS) is 11.1. The molecule has 0 heterocycles. The molecule has 0 spiro atoms. The van der Waals surface area contributed by atoms with Gasteiger partial charge in [-0.1, -0.05) is 12.1 Å². The van der Waals surface area contributed by atoms with E-state index in [0.717, 1.165) is 17.6 Å². The highest BCUT2D eigenvalue weighted by atomic mass is 16.5. The summed E-state index contributed by atoms with van der Waals surface area (Å²) >= 11 is 0. The lowest BCUT2D eigenvalue weighted by atomic mass is 10.1. The minimum absolute atomic E-state index is 0.646. The van der Waals surface area contributed by atoms with Crippen molar-refractivity contribution in [3.05, 3.63) is 36.0 Å². The Morgan fingerprint density at radius 1 is 1.31 bits per heavy atom. The Morgan fingerprint density at radius 2 is 1.94 bits per heavy atom. The van der Waals surface area contributed by atoms with Crippen molar-refractivity contribution in [3.8, 4) is 5.75 Å². The molecule has 3 heteroatoms. The Balaban J connectivity index is 2.91. The summed E-state index contributed by atoms with van der Waals surface area (Å²) in [7, 11) is 3.77. The van der Waals surface area contributed by atoms with E-state index in [1.807, 2.05) is 50.2 Å². The maximum Gasteiger partial charge on any atom is 0.152 e. The molecule has 0 aliphatic heterocycles. The first-order chi connectivity index (χ1) is 7.67. The van der Waals surface area contributed by atoms with Gasteiger partial charge in [0.2, 0.25) is 0 Å². The molecule has 0 aliphatic rings. The number of hydrogen-bond acceptors (Lipinski definition) is 3. The summed E-state index contributed by atoms with van der Waals surface area (Å²) in [6, 6.07) is 7.50. The van der Waals surface area contributed by atoms with Crippen LogP contribution in [0, 0.1) is 0 Å². The van der Waals surface area contributed by atoms with Gasteiger partial charge in [-0.3, -0.25) is 4.79 Å². The van der Waals surface area contributed by atoms with E-state index >= 15 is 0 Å². The van der Waals surface area contributed by atoms with Gasteiger partial charge in [0.1, 0.15) is 5.75 Å². The second kappa shape index (κ2) is 5.95. The lowest BCUT2D eigenvalue weighted by Crippen LogP contribution is -2.03. The van der Waals surface area contributed by atoms with E-state index < -0.39 is 0 Å². The molecule has 1 aromatic carbocycles. The number of allylic oxidation sites excluding steroid dienone is 1. The third-order valence-electron chi connectivity index (χ3n) is 2.02. The summed E-state index contributed by atoms with van der Waals surface area (Å²) < 4.78 is 5.34. The van der Waals surface area contributed by atoms with Gasteiger partial charge in [-0.05, 0) is 24.6 Å². The molecule has 0 saturated heterocycles. The van der Waals surface area contributed by atoms with Crippen molar-refractivity contribution in [2.75, 3.05) is 20.7 Å². The van der Waals surface area contributed by atoms with Crippen LogP contribution in [-0.2, 0) is 4.79 Å². The molecule has 86 valence electrons. The number of carbonyl (C=O) groups is 1. The lowest BCUT2D eigenvalue weighted by Gasteiger charge is -2.08. The number of carbonyl (C=O) groups excluding carboxylic acids is 1. The zero-order valence-electron chi connectivity index (χ0n) is 9.93. The molecule has 0 amide bonds.